The number of carbonyl (C=O) groups is 2. The number of aliphatic carboxylic acids is 1. The van der Waals surface area contributed by atoms with Gasteiger partial charge in [0, 0.05) is 12.5 Å². The largest absolute Gasteiger partial charge is 0.497 e. The van der Waals surface area contributed by atoms with Crippen LogP contribution in [0.3, 0.4) is 0 Å². The minimum atomic E-state index is -1.06. The van der Waals surface area contributed by atoms with E-state index in [1.807, 2.05) is 38.1 Å². The second kappa shape index (κ2) is 15.0. The third-order valence-electron chi connectivity index (χ3n) is 5.16. The summed E-state index contributed by atoms with van der Waals surface area (Å²) in [5, 5.41) is 9.79. The summed E-state index contributed by atoms with van der Waals surface area (Å²) in [5.74, 6) is 1.06. The van der Waals surface area contributed by atoms with Crippen LogP contribution in [0.15, 0.2) is 66.7 Å². The highest BCUT2D eigenvalue weighted by atomic mass is 16.5. The molecule has 0 spiro atoms. The lowest BCUT2D eigenvalue weighted by molar-refractivity contribution is -0.143. The van der Waals surface area contributed by atoms with Crippen LogP contribution < -0.4 is 14.2 Å². The molecule has 0 bridgehead atoms. The van der Waals surface area contributed by atoms with E-state index in [4.69, 9.17) is 18.9 Å². The summed E-state index contributed by atoms with van der Waals surface area (Å²) in [6.07, 6.45) is 2.49. The molecule has 3 rings (SSSR count). The maximum absolute atomic E-state index is 12.0. The molecular weight excluding hydrogens is 472 g/mol. The number of methoxy groups -OCH3 is 2. The minimum absolute atomic E-state index is 0.123. The number of carbonyl (C=O) groups excluding carboxylic acids is 1. The molecule has 3 aromatic rings. The lowest BCUT2D eigenvalue weighted by atomic mass is 10.0. The molecule has 0 aliphatic rings. The van der Waals surface area contributed by atoms with Gasteiger partial charge >= 0.3 is 11.9 Å². The first kappa shape index (κ1) is 29.0. The molecule has 7 nitrogen and oxygen atoms in total. The fourth-order valence-electron chi connectivity index (χ4n) is 3.39. The van der Waals surface area contributed by atoms with Crippen molar-refractivity contribution in [3.05, 3.63) is 83.4 Å². The molecule has 0 saturated heterocycles. The Bertz CT molecular complexity index is 1160. The summed E-state index contributed by atoms with van der Waals surface area (Å²) >= 11 is 0. The minimum Gasteiger partial charge on any atom is -0.497 e. The van der Waals surface area contributed by atoms with Gasteiger partial charge in [0.15, 0.2) is 0 Å². The summed E-state index contributed by atoms with van der Waals surface area (Å²) in [4.78, 5) is 23.5. The average Bonchev–Trinajstić information content (AvgIpc) is 2.92. The lowest BCUT2D eigenvalue weighted by Crippen LogP contribution is -2.05. The fraction of sp³-hybridized carbons (Fsp3) is 0.267. The zero-order valence-electron chi connectivity index (χ0n) is 21.9. The predicted molar refractivity (Wildman–Crippen MR) is 144 cm³/mol. The first-order valence-corrected chi connectivity index (χ1v) is 12.1. The Hall–Kier alpha value is -4.26. The van der Waals surface area contributed by atoms with Crippen molar-refractivity contribution < 1.29 is 33.6 Å². The fourth-order valence-corrected chi connectivity index (χ4v) is 3.39. The number of carboxylic acid groups (broad SMARTS) is 1. The number of esters is 1. The van der Waals surface area contributed by atoms with Crippen LogP contribution in [0, 0.1) is 0 Å². The highest BCUT2D eigenvalue weighted by Gasteiger charge is 2.12. The number of benzene rings is 3. The highest BCUT2D eigenvalue weighted by Crippen LogP contribution is 2.28. The summed E-state index contributed by atoms with van der Waals surface area (Å²) in [7, 11) is 3.08. The number of ether oxygens (including phenoxy) is 4. The van der Waals surface area contributed by atoms with E-state index >= 15 is 0 Å². The van der Waals surface area contributed by atoms with Crippen molar-refractivity contribution >= 4 is 23.6 Å². The first-order chi connectivity index (χ1) is 17.9. The van der Waals surface area contributed by atoms with E-state index in [0.717, 1.165) is 5.56 Å². The second-order valence-corrected chi connectivity index (χ2v) is 7.58. The van der Waals surface area contributed by atoms with Crippen LogP contribution in [-0.2, 0) is 20.7 Å². The Morgan fingerprint density at radius 3 is 1.84 bits per heavy atom. The maximum Gasteiger partial charge on any atom is 0.336 e. The zero-order valence-corrected chi connectivity index (χ0v) is 21.9. The molecule has 7 heteroatoms. The van der Waals surface area contributed by atoms with Gasteiger partial charge in [-0.15, -0.1) is 0 Å². The van der Waals surface area contributed by atoms with Crippen molar-refractivity contribution in [1.82, 2.24) is 0 Å². The van der Waals surface area contributed by atoms with Gasteiger partial charge in [-0.25, -0.2) is 4.79 Å². The van der Waals surface area contributed by atoms with Crippen LogP contribution in [0.1, 0.15) is 43.9 Å². The monoisotopic (exact) mass is 506 g/mol. The smallest absolute Gasteiger partial charge is 0.336 e. The van der Waals surface area contributed by atoms with Crippen molar-refractivity contribution in [2.75, 3.05) is 20.8 Å². The Kier molecular flexibility index (Phi) is 11.7. The second-order valence-electron chi connectivity index (χ2n) is 7.58. The molecule has 0 aliphatic heterocycles. The van der Waals surface area contributed by atoms with Gasteiger partial charge < -0.3 is 24.1 Å². The Morgan fingerprint density at radius 2 is 1.35 bits per heavy atom. The molecule has 0 unspecified atom stereocenters. The molecule has 0 aliphatic carbocycles. The van der Waals surface area contributed by atoms with Crippen LogP contribution in [0.4, 0.5) is 0 Å². The molecule has 0 radical (unpaired) electrons. The van der Waals surface area contributed by atoms with Crippen LogP contribution in [0.25, 0.3) is 11.6 Å². The summed E-state index contributed by atoms with van der Waals surface area (Å²) in [5.41, 5.74) is 2.30. The molecule has 0 aromatic heterocycles. The SMILES string of the molecule is CC.CCOC(=O)CCc1ccc(Oc2ccc(/C(=C\c3cc(OC)cc(OC)c3)C(=O)O)cc2)cc1. The molecule has 37 heavy (non-hydrogen) atoms. The van der Waals surface area contributed by atoms with E-state index < -0.39 is 5.97 Å². The predicted octanol–water partition coefficient (Wildman–Crippen LogP) is 6.64. The number of aryl methyl sites for hydroxylation is 1. The quantitative estimate of drug-likeness (QED) is 0.177. The first-order valence-electron chi connectivity index (χ1n) is 12.1. The molecule has 0 amide bonds. The normalized spacial score (nSPS) is 10.6. The van der Waals surface area contributed by atoms with Crippen molar-refractivity contribution in [2.24, 2.45) is 0 Å². The third-order valence-corrected chi connectivity index (χ3v) is 5.16. The number of hydrogen-bond donors (Lipinski definition) is 1. The van der Waals surface area contributed by atoms with Crippen LogP contribution >= 0.6 is 0 Å². The van der Waals surface area contributed by atoms with Gasteiger partial charge in [0.1, 0.15) is 23.0 Å². The molecule has 0 heterocycles. The van der Waals surface area contributed by atoms with E-state index in [9.17, 15) is 14.7 Å². The standard InChI is InChI=1S/C28H28O7.C2H6/c1-4-34-27(29)14-7-19-5-10-22(11-6-19)35-23-12-8-21(9-13-23)26(28(30)31)17-20-15-24(32-2)18-25(16-20)33-3;1-2/h5-6,8-13,15-18H,4,7,14H2,1-3H3,(H,30,31);1-2H3/b26-17+;. The lowest BCUT2D eigenvalue weighted by Gasteiger charge is -2.10. The number of hydrogen-bond acceptors (Lipinski definition) is 6. The summed E-state index contributed by atoms with van der Waals surface area (Å²) < 4.78 is 21.4. The van der Waals surface area contributed by atoms with E-state index in [0.29, 0.717) is 53.6 Å². The van der Waals surface area contributed by atoms with Crippen molar-refractivity contribution in [3.63, 3.8) is 0 Å². The van der Waals surface area contributed by atoms with E-state index in [2.05, 4.69) is 0 Å². The van der Waals surface area contributed by atoms with Crippen LogP contribution in [-0.4, -0.2) is 37.9 Å². The molecular formula is C30H34O7. The molecule has 1 N–H and O–H groups in total. The van der Waals surface area contributed by atoms with Crippen LogP contribution in [0.2, 0.25) is 0 Å². The Labute approximate surface area is 218 Å². The van der Waals surface area contributed by atoms with Gasteiger partial charge in [-0.2, -0.15) is 0 Å². The molecule has 0 saturated carbocycles. The summed E-state index contributed by atoms with van der Waals surface area (Å²) in [6.45, 7) is 6.16. The number of carboxylic acids is 1. The van der Waals surface area contributed by atoms with Gasteiger partial charge in [0.25, 0.3) is 0 Å². The van der Waals surface area contributed by atoms with Gasteiger partial charge in [-0.1, -0.05) is 38.1 Å². The van der Waals surface area contributed by atoms with Gasteiger partial charge in [-0.05, 0) is 72.5 Å². The van der Waals surface area contributed by atoms with E-state index in [1.54, 1.807) is 55.5 Å². The van der Waals surface area contributed by atoms with Crippen molar-refractivity contribution in [3.8, 4) is 23.0 Å². The van der Waals surface area contributed by atoms with Gasteiger partial charge in [-0.3, -0.25) is 4.79 Å². The van der Waals surface area contributed by atoms with E-state index in [-0.39, 0.29) is 11.5 Å². The Morgan fingerprint density at radius 1 is 0.811 bits per heavy atom. The van der Waals surface area contributed by atoms with Crippen LogP contribution in [0.5, 0.6) is 23.0 Å². The van der Waals surface area contributed by atoms with Crippen molar-refractivity contribution in [2.45, 2.75) is 33.6 Å². The third kappa shape index (κ3) is 9.04. The van der Waals surface area contributed by atoms with E-state index in [1.165, 1.54) is 14.2 Å². The molecule has 0 fully saturated rings. The highest BCUT2D eigenvalue weighted by molar-refractivity contribution is 6.20. The van der Waals surface area contributed by atoms with Gasteiger partial charge in [0.2, 0.25) is 0 Å². The number of rotatable bonds is 11. The maximum atomic E-state index is 12.0. The average molecular weight is 507 g/mol. The van der Waals surface area contributed by atoms with Crippen molar-refractivity contribution in [1.29, 1.82) is 0 Å². The van der Waals surface area contributed by atoms with Gasteiger partial charge in [0.05, 0.1) is 26.4 Å². The zero-order chi connectivity index (χ0) is 27.2. The molecule has 0 atom stereocenters. The molecule has 196 valence electrons. The topological polar surface area (TPSA) is 91.3 Å². The summed E-state index contributed by atoms with van der Waals surface area (Å²) in [6, 6.07) is 19.5. The Balaban J connectivity index is 0.00000235. The molecule has 3 aromatic carbocycles.